The standard InChI is InChI=1S/C33H67N/c1-7-13-19-21-23-29-32(25-15-9-3,26-16-10-4)31(34)33(27-17-11-5,28-18-12-6)30-24-22-20-14-8-2/h34H,7-30H2,1-6H3. The van der Waals surface area contributed by atoms with Crippen molar-refractivity contribution in [2.45, 2.75) is 196 Å². The lowest BCUT2D eigenvalue weighted by atomic mass is 9.58. The third-order valence-electron chi connectivity index (χ3n) is 8.61. The first kappa shape index (κ1) is 33.7. The predicted molar refractivity (Wildman–Crippen MR) is 157 cm³/mol. The Labute approximate surface area is 217 Å². The molecule has 0 rings (SSSR count). The fourth-order valence-corrected chi connectivity index (χ4v) is 6.26. The van der Waals surface area contributed by atoms with Crippen LogP contribution in [0.1, 0.15) is 196 Å². The maximum Gasteiger partial charge on any atom is 0.0212 e. The van der Waals surface area contributed by atoms with Crippen LogP contribution >= 0.6 is 0 Å². The van der Waals surface area contributed by atoms with Gasteiger partial charge in [-0.3, -0.25) is 0 Å². The highest BCUT2D eigenvalue weighted by Gasteiger charge is 2.44. The molecule has 0 amide bonds. The van der Waals surface area contributed by atoms with Gasteiger partial charge < -0.3 is 5.41 Å². The van der Waals surface area contributed by atoms with Crippen LogP contribution in [0.4, 0.5) is 0 Å². The van der Waals surface area contributed by atoms with Crippen molar-refractivity contribution >= 4 is 5.71 Å². The molecule has 0 aliphatic rings. The summed E-state index contributed by atoms with van der Waals surface area (Å²) in [5, 5.41) is 10.0. The molecule has 0 saturated heterocycles. The molecule has 0 aromatic carbocycles. The van der Waals surface area contributed by atoms with E-state index in [1.165, 1.54) is 160 Å². The molecule has 0 unspecified atom stereocenters. The highest BCUT2D eigenvalue weighted by atomic mass is 14.6. The molecule has 1 heteroatoms. The largest absolute Gasteiger partial charge is 0.309 e. The van der Waals surface area contributed by atoms with Crippen LogP contribution in [-0.2, 0) is 0 Å². The van der Waals surface area contributed by atoms with E-state index in [2.05, 4.69) is 41.5 Å². The Morgan fingerprint density at radius 2 is 0.588 bits per heavy atom. The Kier molecular flexibility index (Phi) is 21.7. The lowest BCUT2D eigenvalue weighted by Crippen LogP contribution is -2.44. The number of hydrogen-bond donors (Lipinski definition) is 1. The molecule has 0 fully saturated rings. The predicted octanol–water partition coefficient (Wildman–Crippen LogP) is 12.5. The highest BCUT2D eigenvalue weighted by molar-refractivity contribution is 5.92. The van der Waals surface area contributed by atoms with Gasteiger partial charge in [0.1, 0.15) is 0 Å². The van der Waals surface area contributed by atoms with Crippen LogP contribution in [0.15, 0.2) is 0 Å². The molecule has 0 atom stereocenters. The fraction of sp³-hybridized carbons (Fsp3) is 0.970. The van der Waals surface area contributed by atoms with E-state index in [1.807, 2.05) is 0 Å². The van der Waals surface area contributed by atoms with E-state index >= 15 is 0 Å². The number of nitrogens with one attached hydrogen (secondary N) is 1. The summed E-state index contributed by atoms with van der Waals surface area (Å²) in [6, 6.07) is 0. The summed E-state index contributed by atoms with van der Waals surface area (Å²) >= 11 is 0. The number of unbranched alkanes of at least 4 members (excludes halogenated alkanes) is 12. The second-order valence-corrected chi connectivity index (χ2v) is 11.7. The highest BCUT2D eigenvalue weighted by Crippen LogP contribution is 2.49. The van der Waals surface area contributed by atoms with Gasteiger partial charge in [0.2, 0.25) is 0 Å². The average molecular weight is 478 g/mol. The lowest BCUT2D eigenvalue weighted by molar-refractivity contribution is 0.223. The van der Waals surface area contributed by atoms with E-state index in [4.69, 9.17) is 0 Å². The second kappa shape index (κ2) is 21.9. The lowest BCUT2D eigenvalue weighted by Gasteiger charge is -2.46. The fourth-order valence-electron chi connectivity index (χ4n) is 6.26. The van der Waals surface area contributed by atoms with Gasteiger partial charge in [0.25, 0.3) is 0 Å². The van der Waals surface area contributed by atoms with Crippen LogP contribution < -0.4 is 0 Å². The van der Waals surface area contributed by atoms with Crippen LogP contribution in [0.3, 0.4) is 0 Å². The van der Waals surface area contributed by atoms with Crippen molar-refractivity contribution in [1.82, 2.24) is 0 Å². The van der Waals surface area contributed by atoms with Gasteiger partial charge in [-0.2, -0.15) is 0 Å². The van der Waals surface area contributed by atoms with Crippen molar-refractivity contribution in [2.24, 2.45) is 10.8 Å². The molecule has 204 valence electrons. The normalized spacial score (nSPS) is 12.4. The Morgan fingerprint density at radius 3 is 0.853 bits per heavy atom. The Hall–Kier alpha value is -0.330. The summed E-state index contributed by atoms with van der Waals surface area (Å²) in [6.07, 6.45) is 31.5. The molecule has 0 heterocycles. The summed E-state index contributed by atoms with van der Waals surface area (Å²) in [5.74, 6) is 0. The first-order valence-electron chi connectivity index (χ1n) is 16.1. The minimum Gasteiger partial charge on any atom is -0.309 e. The van der Waals surface area contributed by atoms with Crippen LogP contribution in [0.5, 0.6) is 0 Å². The zero-order chi connectivity index (χ0) is 25.5. The van der Waals surface area contributed by atoms with Gasteiger partial charge in [-0.1, -0.05) is 157 Å². The SMILES string of the molecule is CCCCCCCC(CCCC)(CCCC)C(=N)C(CCCC)(CCCC)CCCCCCC. The van der Waals surface area contributed by atoms with Gasteiger partial charge in [-0.15, -0.1) is 0 Å². The molecule has 0 spiro atoms. The van der Waals surface area contributed by atoms with Gasteiger partial charge >= 0.3 is 0 Å². The van der Waals surface area contributed by atoms with Gasteiger partial charge in [-0.05, 0) is 38.5 Å². The van der Waals surface area contributed by atoms with E-state index in [0.717, 1.165) is 0 Å². The maximum absolute atomic E-state index is 10.0. The van der Waals surface area contributed by atoms with E-state index in [1.54, 1.807) is 0 Å². The van der Waals surface area contributed by atoms with Gasteiger partial charge in [0.15, 0.2) is 0 Å². The Bertz CT molecular complexity index is 395. The molecule has 0 aromatic rings. The summed E-state index contributed by atoms with van der Waals surface area (Å²) in [7, 11) is 0. The van der Waals surface area contributed by atoms with Crippen LogP contribution in [0.2, 0.25) is 0 Å². The summed E-state index contributed by atoms with van der Waals surface area (Å²) < 4.78 is 0. The van der Waals surface area contributed by atoms with E-state index in [0.29, 0.717) is 0 Å². The third-order valence-corrected chi connectivity index (χ3v) is 8.61. The van der Waals surface area contributed by atoms with E-state index in [9.17, 15) is 5.41 Å². The zero-order valence-electron chi connectivity index (χ0n) is 25.0. The van der Waals surface area contributed by atoms with Crippen molar-refractivity contribution in [1.29, 1.82) is 5.41 Å². The van der Waals surface area contributed by atoms with Crippen LogP contribution in [0.25, 0.3) is 0 Å². The summed E-state index contributed by atoms with van der Waals surface area (Å²) in [4.78, 5) is 0. The average Bonchev–Trinajstić information content (AvgIpc) is 2.86. The molecule has 0 radical (unpaired) electrons. The maximum atomic E-state index is 10.0. The minimum atomic E-state index is 0.170. The van der Waals surface area contributed by atoms with Crippen molar-refractivity contribution < 1.29 is 0 Å². The first-order valence-corrected chi connectivity index (χ1v) is 16.1. The number of hydrogen-bond acceptors (Lipinski definition) is 1. The molecule has 0 aliphatic heterocycles. The van der Waals surface area contributed by atoms with Crippen LogP contribution in [-0.4, -0.2) is 5.71 Å². The van der Waals surface area contributed by atoms with E-state index < -0.39 is 0 Å². The van der Waals surface area contributed by atoms with Gasteiger partial charge in [-0.25, -0.2) is 0 Å². The van der Waals surface area contributed by atoms with Crippen LogP contribution in [0, 0.1) is 16.2 Å². The molecule has 1 nitrogen and oxygen atoms in total. The Morgan fingerprint density at radius 1 is 0.353 bits per heavy atom. The molecule has 0 bridgehead atoms. The molecular formula is C33H67N. The van der Waals surface area contributed by atoms with Crippen molar-refractivity contribution in [3.05, 3.63) is 0 Å². The Balaban J connectivity index is 6.00. The summed E-state index contributed by atoms with van der Waals surface area (Å²) in [5.41, 5.74) is 1.57. The van der Waals surface area contributed by atoms with Gasteiger partial charge in [0, 0.05) is 16.5 Å². The molecule has 0 saturated carbocycles. The van der Waals surface area contributed by atoms with Crippen molar-refractivity contribution in [3.8, 4) is 0 Å². The number of rotatable bonds is 26. The van der Waals surface area contributed by atoms with Gasteiger partial charge in [0.05, 0.1) is 0 Å². The first-order chi connectivity index (χ1) is 16.5. The third kappa shape index (κ3) is 13.1. The summed E-state index contributed by atoms with van der Waals surface area (Å²) in [6.45, 7) is 14.0. The quantitative estimate of drug-likeness (QED) is 0.0945. The van der Waals surface area contributed by atoms with E-state index in [-0.39, 0.29) is 10.8 Å². The molecular weight excluding hydrogens is 410 g/mol. The minimum absolute atomic E-state index is 0.170. The molecule has 0 aliphatic carbocycles. The topological polar surface area (TPSA) is 23.9 Å². The smallest absolute Gasteiger partial charge is 0.0212 e. The zero-order valence-corrected chi connectivity index (χ0v) is 25.0. The van der Waals surface area contributed by atoms with Crippen molar-refractivity contribution in [3.63, 3.8) is 0 Å². The monoisotopic (exact) mass is 478 g/mol. The molecule has 1 N–H and O–H groups in total. The molecule has 0 aromatic heterocycles. The molecule has 34 heavy (non-hydrogen) atoms. The second-order valence-electron chi connectivity index (χ2n) is 11.7. The van der Waals surface area contributed by atoms with Crippen molar-refractivity contribution in [2.75, 3.05) is 0 Å².